The van der Waals surface area contributed by atoms with E-state index < -0.39 is 0 Å². The Labute approximate surface area is 170 Å². The summed E-state index contributed by atoms with van der Waals surface area (Å²) >= 11 is 1.74. The largest absolute Gasteiger partial charge is 0.361 e. The van der Waals surface area contributed by atoms with Crippen LogP contribution in [-0.4, -0.2) is 24.0 Å². The van der Waals surface area contributed by atoms with Gasteiger partial charge in [-0.3, -0.25) is 0 Å². The highest BCUT2D eigenvalue weighted by Crippen LogP contribution is 2.21. The van der Waals surface area contributed by atoms with Gasteiger partial charge in [-0.05, 0) is 42.8 Å². The molecule has 6 heteroatoms. The van der Waals surface area contributed by atoms with Crippen LogP contribution < -0.4 is 10.6 Å². The molecule has 0 fully saturated rings. The molecule has 3 aromatic rings. The lowest BCUT2D eigenvalue weighted by molar-refractivity contribution is 0.803. The number of guanidine groups is 1. The summed E-state index contributed by atoms with van der Waals surface area (Å²) in [6, 6.07) is 10.6. The van der Waals surface area contributed by atoms with Crippen LogP contribution in [0.3, 0.4) is 0 Å². The molecule has 4 nitrogen and oxygen atoms in total. The van der Waals surface area contributed by atoms with E-state index in [1.54, 1.807) is 11.3 Å². The van der Waals surface area contributed by atoms with Gasteiger partial charge >= 0.3 is 0 Å². The zero-order chi connectivity index (χ0) is 16.8. The molecule has 0 unspecified atom stereocenters. The fourth-order valence-electron chi connectivity index (χ4n) is 2.79. The van der Waals surface area contributed by atoms with Crippen LogP contribution in [0, 0.1) is 6.92 Å². The fourth-order valence-corrected chi connectivity index (χ4v) is 3.42. The van der Waals surface area contributed by atoms with E-state index >= 15 is 0 Å². The Balaban J connectivity index is 0.00000225. The Hall–Kier alpha value is -1.54. The number of aryl methyl sites for hydroxylation is 1. The van der Waals surface area contributed by atoms with E-state index in [0.29, 0.717) is 0 Å². The standard InChI is InChI=1S/C19H24N4S.HI/c1-3-20-19(23-13-16-7-5-11-24-16)21-10-9-15-12-22-18-14(2)6-4-8-17(15)18;/h4-8,11-12,22H,3,9-10,13H2,1-2H3,(H2,20,21,23);1H. The Morgan fingerprint density at radius 3 is 2.84 bits per heavy atom. The van der Waals surface area contributed by atoms with Crippen molar-refractivity contribution in [2.45, 2.75) is 26.8 Å². The Morgan fingerprint density at radius 1 is 1.20 bits per heavy atom. The van der Waals surface area contributed by atoms with Crippen molar-refractivity contribution in [1.82, 2.24) is 15.6 Å². The van der Waals surface area contributed by atoms with Crippen LogP contribution in [0.1, 0.15) is 22.9 Å². The molecule has 0 atom stereocenters. The van der Waals surface area contributed by atoms with Gasteiger partial charge in [-0.1, -0.05) is 24.3 Å². The number of fused-ring (bicyclic) bond motifs is 1. The molecule has 0 spiro atoms. The summed E-state index contributed by atoms with van der Waals surface area (Å²) in [5.41, 5.74) is 3.87. The van der Waals surface area contributed by atoms with Crippen LogP contribution >= 0.6 is 35.3 Å². The first kappa shape index (κ1) is 19.8. The van der Waals surface area contributed by atoms with E-state index in [-0.39, 0.29) is 24.0 Å². The molecule has 0 aliphatic heterocycles. The van der Waals surface area contributed by atoms with Gasteiger partial charge in [0.25, 0.3) is 0 Å². The van der Waals surface area contributed by atoms with E-state index in [1.807, 2.05) is 0 Å². The molecular weight excluding hydrogens is 443 g/mol. The van der Waals surface area contributed by atoms with Gasteiger partial charge in [-0.2, -0.15) is 0 Å². The van der Waals surface area contributed by atoms with Crippen molar-refractivity contribution in [3.8, 4) is 0 Å². The Kier molecular flexibility index (Phi) is 7.77. The molecule has 3 rings (SSSR count). The first-order chi connectivity index (χ1) is 11.8. The smallest absolute Gasteiger partial charge is 0.191 e. The zero-order valence-electron chi connectivity index (χ0n) is 14.6. The van der Waals surface area contributed by atoms with Crippen LogP contribution in [0.15, 0.2) is 46.9 Å². The zero-order valence-corrected chi connectivity index (χ0v) is 17.8. The molecule has 0 saturated carbocycles. The highest BCUT2D eigenvalue weighted by Gasteiger charge is 2.05. The Bertz CT molecular complexity index is 808. The molecule has 0 bridgehead atoms. The third-order valence-electron chi connectivity index (χ3n) is 4.01. The van der Waals surface area contributed by atoms with Gasteiger partial charge in [0.1, 0.15) is 0 Å². The number of aliphatic imine (C=N–C) groups is 1. The lowest BCUT2D eigenvalue weighted by atomic mass is 10.1. The molecule has 0 radical (unpaired) electrons. The van der Waals surface area contributed by atoms with E-state index in [4.69, 9.17) is 0 Å². The van der Waals surface area contributed by atoms with E-state index in [2.05, 4.69) is 76.4 Å². The van der Waals surface area contributed by atoms with Crippen LogP contribution in [-0.2, 0) is 13.0 Å². The number of hydrogen-bond acceptors (Lipinski definition) is 2. The summed E-state index contributed by atoms with van der Waals surface area (Å²) in [5.74, 6) is 0.877. The van der Waals surface area contributed by atoms with Crippen molar-refractivity contribution in [3.63, 3.8) is 0 Å². The number of rotatable bonds is 6. The SMILES string of the molecule is CCNC(=NCc1cccs1)NCCc1c[nH]c2c(C)cccc12.I. The van der Waals surface area contributed by atoms with Crippen molar-refractivity contribution in [2.24, 2.45) is 4.99 Å². The number of benzene rings is 1. The van der Waals surface area contributed by atoms with Crippen molar-refractivity contribution in [2.75, 3.05) is 13.1 Å². The molecule has 0 aliphatic rings. The van der Waals surface area contributed by atoms with Gasteiger partial charge in [0, 0.05) is 35.1 Å². The van der Waals surface area contributed by atoms with Gasteiger partial charge in [0.2, 0.25) is 0 Å². The highest BCUT2D eigenvalue weighted by molar-refractivity contribution is 14.0. The van der Waals surface area contributed by atoms with E-state index in [1.165, 1.54) is 26.9 Å². The average Bonchev–Trinajstić information content (AvgIpc) is 3.23. The normalized spacial score (nSPS) is 11.4. The van der Waals surface area contributed by atoms with Gasteiger partial charge in [-0.25, -0.2) is 4.99 Å². The number of nitrogens with one attached hydrogen (secondary N) is 3. The van der Waals surface area contributed by atoms with E-state index in [9.17, 15) is 0 Å². The minimum Gasteiger partial charge on any atom is -0.361 e. The summed E-state index contributed by atoms with van der Waals surface area (Å²) in [7, 11) is 0. The number of thiophene rings is 1. The molecule has 0 saturated heterocycles. The van der Waals surface area contributed by atoms with Gasteiger partial charge in [0.05, 0.1) is 6.54 Å². The number of H-pyrrole nitrogens is 1. The molecule has 3 N–H and O–H groups in total. The summed E-state index contributed by atoms with van der Waals surface area (Å²) in [5, 5.41) is 10.1. The third kappa shape index (κ3) is 5.22. The average molecular weight is 468 g/mol. The quantitative estimate of drug-likeness (QED) is 0.285. The Morgan fingerprint density at radius 2 is 2.08 bits per heavy atom. The lowest BCUT2D eigenvalue weighted by Gasteiger charge is -2.10. The molecule has 2 heterocycles. The van der Waals surface area contributed by atoms with Crippen LogP contribution in [0.2, 0.25) is 0 Å². The van der Waals surface area contributed by atoms with Crippen molar-refractivity contribution >= 4 is 52.2 Å². The third-order valence-corrected chi connectivity index (χ3v) is 4.87. The van der Waals surface area contributed by atoms with Gasteiger partial charge in [0.15, 0.2) is 5.96 Å². The lowest BCUT2D eigenvalue weighted by Crippen LogP contribution is -2.38. The van der Waals surface area contributed by atoms with Crippen molar-refractivity contribution in [3.05, 3.63) is 57.9 Å². The van der Waals surface area contributed by atoms with E-state index in [0.717, 1.165) is 32.0 Å². The maximum absolute atomic E-state index is 4.65. The first-order valence-electron chi connectivity index (χ1n) is 8.38. The summed E-state index contributed by atoms with van der Waals surface area (Å²) in [6.07, 6.45) is 3.09. The second-order valence-electron chi connectivity index (χ2n) is 5.76. The maximum Gasteiger partial charge on any atom is 0.191 e. The second kappa shape index (κ2) is 9.82. The van der Waals surface area contributed by atoms with Gasteiger partial charge in [-0.15, -0.1) is 35.3 Å². The maximum atomic E-state index is 4.65. The van der Waals surface area contributed by atoms with Crippen molar-refractivity contribution in [1.29, 1.82) is 0 Å². The second-order valence-corrected chi connectivity index (χ2v) is 6.79. The van der Waals surface area contributed by atoms with Crippen LogP contribution in [0.4, 0.5) is 0 Å². The van der Waals surface area contributed by atoms with Crippen LogP contribution in [0.5, 0.6) is 0 Å². The number of hydrogen-bond donors (Lipinski definition) is 3. The van der Waals surface area contributed by atoms with Crippen LogP contribution in [0.25, 0.3) is 10.9 Å². The predicted molar refractivity (Wildman–Crippen MR) is 119 cm³/mol. The molecule has 2 aromatic heterocycles. The summed E-state index contributed by atoms with van der Waals surface area (Å²) < 4.78 is 0. The number of aromatic nitrogens is 1. The molecule has 0 aliphatic carbocycles. The number of para-hydroxylation sites is 1. The minimum atomic E-state index is 0. The molecule has 0 amide bonds. The predicted octanol–water partition coefficient (Wildman–Crippen LogP) is 4.45. The summed E-state index contributed by atoms with van der Waals surface area (Å²) in [4.78, 5) is 9.32. The molecule has 1 aromatic carbocycles. The first-order valence-corrected chi connectivity index (χ1v) is 9.26. The summed E-state index contributed by atoms with van der Waals surface area (Å²) in [6.45, 7) is 6.67. The number of nitrogens with zero attached hydrogens (tertiary/aromatic N) is 1. The highest BCUT2D eigenvalue weighted by atomic mass is 127. The minimum absolute atomic E-state index is 0. The monoisotopic (exact) mass is 468 g/mol. The topological polar surface area (TPSA) is 52.2 Å². The van der Waals surface area contributed by atoms with Crippen molar-refractivity contribution < 1.29 is 0 Å². The molecular formula is C19H25IN4S. The molecule has 134 valence electrons. The number of halogens is 1. The van der Waals surface area contributed by atoms with Gasteiger partial charge < -0.3 is 15.6 Å². The number of aromatic amines is 1. The molecule has 25 heavy (non-hydrogen) atoms. The fraction of sp³-hybridized carbons (Fsp3) is 0.316.